The summed E-state index contributed by atoms with van der Waals surface area (Å²) in [5, 5.41) is 0.440. The van der Waals surface area contributed by atoms with Crippen LogP contribution in [0, 0.1) is 5.92 Å². The molecule has 1 aromatic heterocycles. The number of thioether (sulfide) groups is 1. The Labute approximate surface area is 104 Å². The van der Waals surface area contributed by atoms with Crippen LogP contribution in [-0.4, -0.2) is 26.8 Å². The molecule has 0 N–H and O–H groups in total. The van der Waals surface area contributed by atoms with Gasteiger partial charge in [-0.1, -0.05) is 11.8 Å². The van der Waals surface area contributed by atoms with E-state index in [-0.39, 0.29) is 22.7 Å². The molecule has 4 nitrogen and oxygen atoms in total. The molecular weight excluding hydrogens is 236 g/mol. The minimum absolute atomic E-state index is 0.0221. The molecule has 2 rings (SSSR count). The van der Waals surface area contributed by atoms with Gasteiger partial charge in [0.1, 0.15) is 11.6 Å². The summed E-state index contributed by atoms with van der Waals surface area (Å²) in [4.78, 5) is 31.3. The predicted molar refractivity (Wildman–Crippen MR) is 64.7 cm³/mol. The second kappa shape index (κ2) is 5.40. The molecular formula is C12H14N2O2S. The maximum Gasteiger partial charge on any atom is 0.188 e. The van der Waals surface area contributed by atoms with Gasteiger partial charge in [-0.05, 0) is 25.8 Å². The maximum absolute atomic E-state index is 11.8. The molecule has 90 valence electrons. The highest BCUT2D eigenvalue weighted by atomic mass is 32.2. The first-order valence-electron chi connectivity index (χ1n) is 5.63. The Morgan fingerprint density at radius 3 is 2.76 bits per heavy atom. The summed E-state index contributed by atoms with van der Waals surface area (Å²) in [7, 11) is 0. The third-order valence-electron chi connectivity index (χ3n) is 2.96. The van der Waals surface area contributed by atoms with Crippen LogP contribution in [0.1, 0.15) is 26.2 Å². The Bertz CT molecular complexity index is 422. The standard InChI is InChI=1S/C12H14N2O2S/c1-8(15)9-3-4-10(16)11(7-9)17-12-13-5-2-6-14-12/h2,5-6,9,11H,3-4,7H2,1H3. The number of carbonyl (C=O) groups is 2. The summed E-state index contributed by atoms with van der Waals surface area (Å²) >= 11 is 1.37. The lowest BCUT2D eigenvalue weighted by molar-refractivity contribution is -0.125. The number of hydrogen-bond acceptors (Lipinski definition) is 5. The average Bonchev–Trinajstić information content (AvgIpc) is 2.33. The lowest BCUT2D eigenvalue weighted by Crippen LogP contribution is -2.30. The highest BCUT2D eigenvalue weighted by molar-refractivity contribution is 8.00. The van der Waals surface area contributed by atoms with E-state index in [0.29, 0.717) is 24.4 Å². The van der Waals surface area contributed by atoms with E-state index >= 15 is 0 Å². The Morgan fingerprint density at radius 2 is 2.12 bits per heavy atom. The smallest absolute Gasteiger partial charge is 0.188 e. The SMILES string of the molecule is CC(=O)C1CCC(=O)C(Sc2ncccn2)C1. The molecule has 5 heteroatoms. The molecule has 0 saturated heterocycles. The van der Waals surface area contributed by atoms with Crippen molar-refractivity contribution in [2.24, 2.45) is 5.92 Å². The van der Waals surface area contributed by atoms with Crippen molar-refractivity contribution in [3.63, 3.8) is 0 Å². The van der Waals surface area contributed by atoms with Crippen LogP contribution >= 0.6 is 11.8 Å². The van der Waals surface area contributed by atoms with E-state index in [1.54, 1.807) is 25.4 Å². The van der Waals surface area contributed by atoms with E-state index in [1.807, 2.05) is 0 Å². The Hall–Kier alpha value is -1.23. The first-order valence-corrected chi connectivity index (χ1v) is 6.51. The molecule has 1 saturated carbocycles. The maximum atomic E-state index is 11.8. The van der Waals surface area contributed by atoms with Crippen molar-refractivity contribution in [1.29, 1.82) is 0 Å². The highest BCUT2D eigenvalue weighted by Crippen LogP contribution is 2.32. The van der Waals surface area contributed by atoms with Gasteiger partial charge in [-0.3, -0.25) is 9.59 Å². The summed E-state index contributed by atoms with van der Waals surface area (Å²) in [5.41, 5.74) is 0. The molecule has 0 bridgehead atoms. The average molecular weight is 250 g/mol. The molecule has 17 heavy (non-hydrogen) atoms. The van der Waals surface area contributed by atoms with Gasteiger partial charge in [0, 0.05) is 24.7 Å². The summed E-state index contributed by atoms with van der Waals surface area (Å²) in [5.74, 6) is 0.408. The van der Waals surface area contributed by atoms with Gasteiger partial charge in [-0.2, -0.15) is 0 Å². The molecule has 0 spiro atoms. The minimum atomic E-state index is -0.167. The zero-order chi connectivity index (χ0) is 12.3. The molecule has 1 aliphatic carbocycles. The van der Waals surface area contributed by atoms with Crippen molar-refractivity contribution < 1.29 is 9.59 Å². The number of rotatable bonds is 3. The van der Waals surface area contributed by atoms with E-state index < -0.39 is 0 Å². The summed E-state index contributed by atoms with van der Waals surface area (Å²) in [6.07, 6.45) is 5.13. The zero-order valence-corrected chi connectivity index (χ0v) is 10.4. The third-order valence-corrected chi connectivity index (χ3v) is 4.12. The van der Waals surface area contributed by atoms with Gasteiger partial charge in [0.05, 0.1) is 5.25 Å². The number of carbonyl (C=O) groups excluding carboxylic acids is 2. The molecule has 2 atom stereocenters. The Kier molecular flexibility index (Phi) is 3.89. The van der Waals surface area contributed by atoms with Gasteiger partial charge in [0.25, 0.3) is 0 Å². The van der Waals surface area contributed by atoms with Crippen molar-refractivity contribution in [1.82, 2.24) is 9.97 Å². The number of nitrogens with zero attached hydrogens (tertiary/aromatic N) is 2. The number of ketones is 2. The van der Waals surface area contributed by atoms with Gasteiger partial charge in [0.2, 0.25) is 0 Å². The van der Waals surface area contributed by atoms with Gasteiger partial charge >= 0.3 is 0 Å². The molecule has 1 heterocycles. The van der Waals surface area contributed by atoms with Gasteiger partial charge in [-0.15, -0.1) is 0 Å². The third kappa shape index (κ3) is 3.12. The van der Waals surface area contributed by atoms with Gasteiger partial charge < -0.3 is 0 Å². The number of aromatic nitrogens is 2. The summed E-state index contributed by atoms with van der Waals surface area (Å²) in [6, 6.07) is 1.74. The van der Waals surface area contributed by atoms with Crippen LogP contribution in [-0.2, 0) is 9.59 Å². The van der Waals surface area contributed by atoms with E-state index in [2.05, 4.69) is 9.97 Å². The lowest BCUT2D eigenvalue weighted by Gasteiger charge is -2.25. The number of hydrogen-bond donors (Lipinski definition) is 0. The van der Waals surface area contributed by atoms with Crippen LogP contribution < -0.4 is 0 Å². The quantitative estimate of drug-likeness (QED) is 0.767. The molecule has 0 aromatic carbocycles. The molecule has 1 fully saturated rings. The first-order chi connectivity index (χ1) is 8.16. The van der Waals surface area contributed by atoms with E-state index in [1.165, 1.54) is 11.8 Å². The van der Waals surface area contributed by atoms with Crippen LogP contribution in [0.5, 0.6) is 0 Å². The fraction of sp³-hybridized carbons (Fsp3) is 0.500. The highest BCUT2D eigenvalue weighted by Gasteiger charge is 2.32. The predicted octanol–water partition coefficient (Wildman–Crippen LogP) is 1.90. The normalized spacial score (nSPS) is 24.6. The molecule has 0 radical (unpaired) electrons. The fourth-order valence-electron chi connectivity index (χ4n) is 1.94. The van der Waals surface area contributed by atoms with E-state index in [0.717, 1.165) is 0 Å². The molecule has 2 unspecified atom stereocenters. The minimum Gasteiger partial charge on any atom is -0.300 e. The van der Waals surface area contributed by atoms with Gasteiger partial charge in [-0.25, -0.2) is 9.97 Å². The number of Topliss-reactive ketones (excluding diaryl/α,β-unsaturated/α-hetero) is 2. The van der Waals surface area contributed by atoms with Crippen molar-refractivity contribution in [2.45, 2.75) is 36.6 Å². The Morgan fingerprint density at radius 1 is 1.41 bits per heavy atom. The topological polar surface area (TPSA) is 59.9 Å². The zero-order valence-electron chi connectivity index (χ0n) is 9.63. The van der Waals surface area contributed by atoms with Crippen LogP contribution in [0.2, 0.25) is 0 Å². The molecule has 1 aliphatic rings. The van der Waals surface area contributed by atoms with E-state index in [4.69, 9.17) is 0 Å². The second-order valence-corrected chi connectivity index (χ2v) is 5.36. The summed E-state index contributed by atoms with van der Waals surface area (Å²) in [6.45, 7) is 1.60. The largest absolute Gasteiger partial charge is 0.300 e. The molecule has 0 aliphatic heterocycles. The molecule has 1 aromatic rings. The second-order valence-electron chi connectivity index (χ2n) is 4.19. The molecule has 0 amide bonds. The first kappa shape index (κ1) is 12.2. The van der Waals surface area contributed by atoms with Gasteiger partial charge in [0.15, 0.2) is 5.16 Å². The van der Waals surface area contributed by atoms with Crippen LogP contribution in [0.15, 0.2) is 23.6 Å². The lowest BCUT2D eigenvalue weighted by atomic mass is 9.86. The van der Waals surface area contributed by atoms with Crippen molar-refractivity contribution >= 4 is 23.3 Å². The Balaban J connectivity index is 2.04. The van der Waals surface area contributed by atoms with Crippen LogP contribution in [0.4, 0.5) is 0 Å². The van der Waals surface area contributed by atoms with Crippen molar-refractivity contribution in [3.05, 3.63) is 18.5 Å². The van der Waals surface area contributed by atoms with Crippen LogP contribution in [0.3, 0.4) is 0 Å². The fourth-order valence-corrected chi connectivity index (χ4v) is 3.02. The van der Waals surface area contributed by atoms with Crippen molar-refractivity contribution in [2.75, 3.05) is 0 Å². The monoisotopic (exact) mass is 250 g/mol. The van der Waals surface area contributed by atoms with Crippen LogP contribution in [0.25, 0.3) is 0 Å². The van der Waals surface area contributed by atoms with E-state index in [9.17, 15) is 9.59 Å². The van der Waals surface area contributed by atoms with Crippen molar-refractivity contribution in [3.8, 4) is 0 Å². The summed E-state index contributed by atoms with van der Waals surface area (Å²) < 4.78 is 0.